The van der Waals surface area contributed by atoms with Gasteiger partial charge in [0, 0.05) is 27.7 Å². The average molecular weight is 377 g/mol. The van der Waals surface area contributed by atoms with E-state index < -0.39 is 0 Å². The smallest absolute Gasteiger partial charge is 0.257 e. The molecule has 0 bridgehead atoms. The van der Waals surface area contributed by atoms with Crippen LogP contribution in [0.4, 0.5) is 0 Å². The van der Waals surface area contributed by atoms with Crippen molar-refractivity contribution in [2.24, 2.45) is 0 Å². The standard InChI is InChI=1S/C13H16INO2S/c1-2-10-8-15(5-6-18-10)13(17)11-7-9(14)3-4-12(11)16/h3-4,7,10,16H,2,5-6,8H2,1H3. The molecule has 1 fully saturated rings. The van der Waals surface area contributed by atoms with Crippen molar-refractivity contribution >= 4 is 40.3 Å². The van der Waals surface area contributed by atoms with Crippen molar-refractivity contribution in [2.45, 2.75) is 18.6 Å². The first-order chi connectivity index (χ1) is 8.61. The molecule has 5 heteroatoms. The highest BCUT2D eigenvalue weighted by molar-refractivity contribution is 14.1. The molecular weight excluding hydrogens is 361 g/mol. The SMILES string of the molecule is CCC1CN(C(=O)c2cc(I)ccc2O)CCS1. The van der Waals surface area contributed by atoms with E-state index in [4.69, 9.17) is 0 Å². The minimum Gasteiger partial charge on any atom is -0.507 e. The number of halogens is 1. The fraction of sp³-hybridized carbons (Fsp3) is 0.462. The molecule has 2 rings (SSSR count). The molecule has 1 unspecified atom stereocenters. The van der Waals surface area contributed by atoms with Gasteiger partial charge in [0.25, 0.3) is 5.91 Å². The van der Waals surface area contributed by atoms with Gasteiger partial charge in [-0.1, -0.05) is 6.92 Å². The van der Waals surface area contributed by atoms with Crippen LogP contribution in [0.5, 0.6) is 5.75 Å². The number of amides is 1. The van der Waals surface area contributed by atoms with Crippen molar-refractivity contribution < 1.29 is 9.90 Å². The molecule has 3 nitrogen and oxygen atoms in total. The zero-order chi connectivity index (χ0) is 13.1. The summed E-state index contributed by atoms with van der Waals surface area (Å²) >= 11 is 4.08. The van der Waals surface area contributed by atoms with Crippen LogP contribution in [0.3, 0.4) is 0 Å². The van der Waals surface area contributed by atoms with Gasteiger partial charge in [0.15, 0.2) is 0 Å². The molecule has 0 aromatic heterocycles. The Kier molecular flexibility index (Phi) is 4.77. The summed E-state index contributed by atoms with van der Waals surface area (Å²) in [6.07, 6.45) is 1.08. The van der Waals surface area contributed by atoms with Crippen LogP contribution in [-0.4, -0.2) is 40.0 Å². The molecule has 18 heavy (non-hydrogen) atoms. The maximum absolute atomic E-state index is 12.4. The van der Waals surface area contributed by atoms with Crippen LogP contribution < -0.4 is 0 Å². The number of phenolic OH excluding ortho intramolecular Hbond substituents is 1. The second kappa shape index (κ2) is 6.14. The van der Waals surface area contributed by atoms with Gasteiger partial charge < -0.3 is 10.0 Å². The number of hydrogen-bond acceptors (Lipinski definition) is 3. The van der Waals surface area contributed by atoms with E-state index >= 15 is 0 Å². The molecule has 1 aliphatic heterocycles. The van der Waals surface area contributed by atoms with Crippen molar-refractivity contribution in [2.75, 3.05) is 18.8 Å². The fourth-order valence-corrected chi connectivity index (χ4v) is 3.67. The van der Waals surface area contributed by atoms with Crippen LogP contribution in [0, 0.1) is 3.57 Å². The van der Waals surface area contributed by atoms with Crippen molar-refractivity contribution in [3.05, 3.63) is 27.3 Å². The third-order valence-electron chi connectivity index (χ3n) is 3.07. The van der Waals surface area contributed by atoms with Crippen molar-refractivity contribution in [1.82, 2.24) is 4.90 Å². The molecule has 1 aromatic rings. The van der Waals surface area contributed by atoms with Crippen LogP contribution in [0.1, 0.15) is 23.7 Å². The normalized spacial score (nSPS) is 19.9. The second-order valence-electron chi connectivity index (χ2n) is 4.31. The van der Waals surface area contributed by atoms with Crippen LogP contribution in [0.2, 0.25) is 0 Å². The highest BCUT2D eigenvalue weighted by atomic mass is 127. The monoisotopic (exact) mass is 377 g/mol. The Morgan fingerprint density at radius 3 is 3.11 bits per heavy atom. The Hall–Kier alpha value is -0.430. The largest absolute Gasteiger partial charge is 0.507 e. The summed E-state index contributed by atoms with van der Waals surface area (Å²) < 4.78 is 0.965. The maximum Gasteiger partial charge on any atom is 0.257 e. The lowest BCUT2D eigenvalue weighted by molar-refractivity contribution is 0.0758. The average Bonchev–Trinajstić information content (AvgIpc) is 2.41. The number of carbonyl (C=O) groups is 1. The first-order valence-corrected chi connectivity index (χ1v) is 8.14. The molecule has 1 saturated heterocycles. The van der Waals surface area contributed by atoms with E-state index in [1.165, 1.54) is 0 Å². The number of hydrogen-bond donors (Lipinski definition) is 1. The quantitative estimate of drug-likeness (QED) is 0.806. The Bertz CT molecular complexity index is 453. The summed E-state index contributed by atoms with van der Waals surface area (Å²) in [5, 5.41) is 10.3. The molecule has 0 spiro atoms. The lowest BCUT2D eigenvalue weighted by Crippen LogP contribution is -2.41. The van der Waals surface area contributed by atoms with E-state index in [0.29, 0.717) is 10.8 Å². The zero-order valence-corrected chi connectivity index (χ0v) is 13.2. The zero-order valence-electron chi connectivity index (χ0n) is 10.2. The molecule has 0 aliphatic carbocycles. The summed E-state index contributed by atoms with van der Waals surface area (Å²) in [6.45, 7) is 3.70. The predicted molar refractivity (Wildman–Crippen MR) is 83.3 cm³/mol. The van der Waals surface area contributed by atoms with E-state index in [9.17, 15) is 9.90 Å². The van der Waals surface area contributed by atoms with Gasteiger partial charge in [-0.05, 0) is 47.2 Å². The molecule has 0 saturated carbocycles. The van der Waals surface area contributed by atoms with E-state index in [1.54, 1.807) is 18.2 Å². The third-order valence-corrected chi connectivity index (χ3v) is 5.11. The Morgan fingerprint density at radius 1 is 1.61 bits per heavy atom. The summed E-state index contributed by atoms with van der Waals surface area (Å²) in [6, 6.07) is 5.14. The summed E-state index contributed by atoms with van der Waals surface area (Å²) in [5.74, 6) is 1.01. The Labute approximate surface area is 125 Å². The number of phenols is 1. The van der Waals surface area contributed by atoms with Gasteiger partial charge in [-0.2, -0.15) is 11.8 Å². The number of benzene rings is 1. The van der Waals surface area contributed by atoms with Gasteiger partial charge in [0.2, 0.25) is 0 Å². The topological polar surface area (TPSA) is 40.5 Å². The summed E-state index contributed by atoms with van der Waals surface area (Å²) in [5.41, 5.74) is 0.420. The van der Waals surface area contributed by atoms with E-state index in [-0.39, 0.29) is 11.7 Å². The fourth-order valence-electron chi connectivity index (χ4n) is 2.00. The number of carbonyl (C=O) groups excluding carboxylic acids is 1. The first-order valence-electron chi connectivity index (χ1n) is 6.01. The number of thioether (sulfide) groups is 1. The van der Waals surface area contributed by atoms with Gasteiger partial charge in [-0.25, -0.2) is 0 Å². The minimum atomic E-state index is -0.0511. The minimum absolute atomic E-state index is 0.0511. The number of nitrogens with zero attached hydrogens (tertiary/aromatic N) is 1. The van der Waals surface area contributed by atoms with E-state index in [2.05, 4.69) is 29.5 Å². The summed E-state index contributed by atoms with van der Waals surface area (Å²) in [4.78, 5) is 14.2. The Balaban J connectivity index is 2.17. The van der Waals surface area contributed by atoms with Gasteiger partial charge in [0.1, 0.15) is 5.75 Å². The maximum atomic E-state index is 12.4. The highest BCUT2D eigenvalue weighted by Crippen LogP contribution is 2.26. The predicted octanol–water partition coefficient (Wildman–Crippen LogP) is 2.96. The molecule has 1 aliphatic rings. The molecule has 1 atom stereocenters. The number of aromatic hydroxyl groups is 1. The van der Waals surface area contributed by atoms with Crippen molar-refractivity contribution in [1.29, 1.82) is 0 Å². The van der Waals surface area contributed by atoms with Crippen LogP contribution in [-0.2, 0) is 0 Å². The molecule has 98 valence electrons. The molecule has 1 amide bonds. The lowest BCUT2D eigenvalue weighted by atomic mass is 10.1. The number of rotatable bonds is 2. The lowest BCUT2D eigenvalue weighted by Gasteiger charge is -2.32. The molecule has 0 radical (unpaired) electrons. The van der Waals surface area contributed by atoms with Gasteiger partial charge in [0.05, 0.1) is 5.56 Å². The van der Waals surface area contributed by atoms with Crippen LogP contribution in [0.25, 0.3) is 0 Å². The second-order valence-corrected chi connectivity index (χ2v) is 6.97. The van der Waals surface area contributed by atoms with Crippen LogP contribution in [0.15, 0.2) is 18.2 Å². The first kappa shape index (κ1) is 14.0. The summed E-state index contributed by atoms with van der Waals surface area (Å²) in [7, 11) is 0. The molecule has 1 N–H and O–H groups in total. The molecular formula is C13H16INO2S. The van der Waals surface area contributed by atoms with E-state index in [1.807, 2.05) is 16.7 Å². The van der Waals surface area contributed by atoms with Crippen molar-refractivity contribution in [3.63, 3.8) is 0 Å². The molecule has 1 heterocycles. The van der Waals surface area contributed by atoms with Gasteiger partial charge in [-0.3, -0.25) is 4.79 Å². The molecule has 1 aromatic carbocycles. The third kappa shape index (κ3) is 3.12. The van der Waals surface area contributed by atoms with Crippen molar-refractivity contribution in [3.8, 4) is 5.75 Å². The van der Waals surface area contributed by atoms with Gasteiger partial charge in [-0.15, -0.1) is 0 Å². The van der Waals surface area contributed by atoms with Crippen LogP contribution >= 0.6 is 34.4 Å². The van der Waals surface area contributed by atoms with Gasteiger partial charge >= 0.3 is 0 Å². The highest BCUT2D eigenvalue weighted by Gasteiger charge is 2.25. The Morgan fingerprint density at radius 2 is 2.39 bits per heavy atom. The van der Waals surface area contributed by atoms with E-state index in [0.717, 1.165) is 28.8 Å².